The summed E-state index contributed by atoms with van der Waals surface area (Å²) in [4.78, 5) is 5.29. The molecular weight excluding hydrogens is 211 g/mol. The van der Waals surface area contributed by atoms with E-state index in [1.54, 1.807) is 0 Å². The van der Waals surface area contributed by atoms with Crippen LogP contribution in [0.5, 0.6) is 0 Å². The van der Waals surface area contributed by atoms with Gasteiger partial charge in [-0.2, -0.15) is 12.8 Å². The minimum absolute atomic E-state index is 0. The van der Waals surface area contributed by atoms with Crippen LogP contribution < -0.4 is 51.4 Å². The second-order valence-electron chi connectivity index (χ2n) is 4.57. The van der Waals surface area contributed by atoms with Crippen molar-refractivity contribution in [1.82, 2.24) is 9.80 Å². The topological polar surface area (TPSA) is 6.48 Å². The molecule has 0 aliphatic carbocycles. The minimum atomic E-state index is 0. The molecule has 0 aromatic carbocycles. The Labute approximate surface area is 137 Å². The Hall–Kier alpha value is 1.56. The Balaban J connectivity index is 0.00000112. The van der Waals surface area contributed by atoms with Crippen LogP contribution in [0, 0.1) is 6.42 Å². The molecule has 2 nitrogen and oxygen atoms in total. The Bertz CT molecular complexity index is 161. The maximum Gasteiger partial charge on any atom is 1.00 e. The Morgan fingerprint density at radius 3 is 2.20 bits per heavy atom. The first-order chi connectivity index (χ1) is 6.90. The molecule has 15 heavy (non-hydrogen) atoms. The van der Waals surface area contributed by atoms with E-state index in [1.807, 2.05) is 0 Å². The predicted octanol–water partition coefficient (Wildman–Crippen LogP) is -1.23. The van der Waals surface area contributed by atoms with Gasteiger partial charge in [0, 0.05) is 6.04 Å². The molecule has 0 N–H and O–H groups in total. The van der Waals surface area contributed by atoms with E-state index in [2.05, 4.69) is 23.1 Å². The molecule has 2 heterocycles. The fourth-order valence-corrected chi connectivity index (χ4v) is 2.74. The Morgan fingerprint density at radius 1 is 1.07 bits per heavy atom. The van der Waals surface area contributed by atoms with Crippen LogP contribution in [-0.4, -0.2) is 48.6 Å². The second kappa shape index (κ2) is 7.80. The molecule has 0 bridgehead atoms. The molecule has 0 aromatic rings. The van der Waals surface area contributed by atoms with E-state index in [1.165, 1.54) is 58.4 Å². The third kappa shape index (κ3) is 4.38. The predicted molar refractivity (Wildman–Crippen MR) is 60.2 cm³/mol. The molecule has 0 unspecified atom stereocenters. The number of hydrogen-bond donors (Lipinski definition) is 0. The van der Waals surface area contributed by atoms with Crippen LogP contribution in [0.1, 0.15) is 32.6 Å². The Morgan fingerprint density at radius 2 is 1.67 bits per heavy atom. The fourth-order valence-electron chi connectivity index (χ4n) is 2.74. The quantitative estimate of drug-likeness (QED) is 0.436. The van der Waals surface area contributed by atoms with Crippen molar-refractivity contribution in [3.63, 3.8) is 0 Å². The van der Waals surface area contributed by atoms with Crippen molar-refractivity contribution in [1.29, 1.82) is 0 Å². The number of hydrogen-bond acceptors (Lipinski definition) is 2. The van der Waals surface area contributed by atoms with Crippen molar-refractivity contribution in [3.05, 3.63) is 6.42 Å². The maximum absolute atomic E-state index is 2.72. The SMILES string of the molecule is CCN1CCC(N2CC[CH-]CC2)CC1.[K+]. The number of rotatable bonds is 2. The van der Waals surface area contributed by atoms with Gasteiger partial charge in [-0.1, -0.05) is 6.92 Å². The normalized spacial score (nSPS) is 26.2. The summed E-state index contributed by atoms with van der Waals surface area (Å²) in [6.45, 7) is 8.78. The van der Waals surface area contributed by atoms with Gasteiger partial charge in [0.25, 0.3) is 0 Å². The average molecular weight is 234 g/mol. The van der Waals surface area contributed by atoms with Crippen molar-refractivity contribution >= 4 is 0 Å². The summed E-state index contributed by atoms with van der Waals surface area (Å²) < 4.78 is 0. The van der Waals surface area contributed by atoms with Crippen LogP contribution in [0.15, 0.2) is 0 Å². The number of nitrogens with zero attached hydrogens (tertiary/aromatic N) is 2. The van der Waals surface area contributed by atoms with Gasteiger partial charge in [-0.25, -0.2) is 0 Å². The molecule has 0 spiro atoms. The van der Waals surface area contributed by atoms with Gasteiger partial charge in [-0.3, -0.25) is 0 Å². The van der Waals surface area contributed by atoms with Crippen molar-refractivity contribution in [2.24, 2.45) is 0 Å². The first-order valence-electron chi connectivity index (χ1n) is 6.18. The molecule has 82 valence electrons. The van der Waals surface area contributed by atoms with Gasteiger partial charge < -0.3 is 16.2 Å². The summed E-state index contributed by atoms with van der Waals surface area (Å²) in [7, 11) is 0. The fraction of sp³-hybridized carbons (Fsp3) is 0.917. The van der Waals surface area contributed by atoms with E-state index in [9.17, 15) is 0 Å². The van der Waals surface area contributed by atoms with Gasteiger partial charge in [0.1, 0.15) is 0 Å². The monoisotopic (exact) mass is 234 g/mol. The van der Waals surface area contributed by atoms with Crippen LogP contribution in [0.3, 0.4) is 0 Å². The van der Waals surface area contributed by atoms with Gasteiger partial charge in [-0.15, -0.1) is 0 Å². The summed E-state index contributed by atoms with van der Waals surface area (Å²) in [6.07, 6.45) is 7.86. The van der Waals surface area contributed by atoms with Crippen molar-refractivity contribution in [2.75, 3.05) is 32.7 Å². The molecular formula is C12H23KN2. The van der Waals surface area contributed by atoms with Crippen LogP contribution in [-0.2, 0) is 0 Å². The molecule has 0 saturated carbocycles. The summed E-state index contributed by atoms with van der Waals surface area (Å²) in [6, 6.07) is 0.895. The van der Waals surface area contributed by atoms with Crippen molar-refractivity contribution < 1.29 is 51.4 Å². The summed E-state index contributed by atoms with van der Waals surface area (Å²) in [5.74, 6) is 0. The summed E-state index contributed by atoms with van der Waals surface area (Å²) >= 11 is 0. The van der Waals surface area contributed by atoms with Crippen LogP contribution in [0.4, 0.5) is 0 Å². The third-order valence-electron chi connectivity index (χ3n) is 3.76. The van der Waals surface area contributed by atoms with Crippen molar-refractivity contribution in [3.8, 4) is 0 Å². The van der Waals surface area contributed by atoms with Crippen LogP contribution in [0.25, 0.3) is 0 Å². The van der Waals surface area contributed by atoms with Crippen molar-refractivity contribution in [2.45, 2.75) is 38.6 Å². The first kappa shape index (κ1) is 14.6. The van der Waals surface area contributed by atoms with Gasteiger partial charge in [0.15, 0.2) is 0 Å². The summed E-state index contributed by atoms with van der Waals surface area (Å²) in [5, 5.41) is 0. The molecule has 2 fully saturated rings. The van der Waals surface area contributed by atoms with Gasteiger partial charge >= 0.3 is 51.4 Å². The molecule has 0 atom stereocenters. The van der Waals surface area contributed by atoms with E-state index >= 15 is 0 Å². The standard InChI is InChI=1S/C12H23N2.K/c1-2-13-10-6-12(7-11-13)14-8-4-3-5-9-14;/h3,12H,2,4-11H2,1H3;/q-1;+1. The van der Waals surface area contributed by atoms with E-state index in [-0.39, 0.29) is 51.4 Å². The second-order valence-corrected chi connectivity index (χ2v) is 4.57. The molecule has 0 radical (unpaired) electrons. The molecule has 0 amide bonds. The van der Waals surface area contributed by atoms with Gasteiger partial charge in [0.05, 0.1) is 0 Å². The van der Waals surface area contributed by atoms with E-state index < -0.39 is 0 Å². The van der Waals surface area contributed by atoms with Crippen LogP contribution in [0.2, 0.25) is 0 Å². The number of piperidine rings is 2. The smallest absolute Gasteiger partial charge is 0.326 e. The van der Waals surface area contributed by atoms with Gasteiger partial charge in [-0.05, 0) is 45.6 Å². The molecule has 3 heteroatoms. The van der Waals surface area contributed by atoms with E-state index in [4.69, 9.17) is 0 Å². The zero-order valence-corrected chi connectivity index (χ0v) is 13.5. The third-order valence-corrected chi connectivity index (χ3v) is 3.76. The molecule has 2 aliphatic heterocycles. The van der Waals surface area contributed by atoms with Crippen LogP contribution >= 0.6 is 0 Å². The minimum Gasteiger partial charge on any atom is -0.326 e. The molecule has 0 aromatic heterocycles. The molecule has 2 rings (SSSR count). The zero-order valence-electron chi connectivity index (χ0n) is 10.4. The maximum atomic E-state index is 2.72. The zero-order chi connectivity index (χ0) is 9.80. The van der Waals surface area contributed by atoms with Gasteiger partial charge in [0.2, 0.25) is 0 Å². The molecule has 2 aliphatic rings. The number of likely N-dealkylation sites (tertiary alicyclic amines) is 2. The average Bonchev–Trinajstić information content (AvgIpc) is 2.30. The largest absolute Gasteiger partial charge is 1.00 e. The summed E-state index contributed by atoms with van der Waals surface area (Å²) in [5.41, 5.74) is 0. The molecule has 2 saturated heterocycles. The Kier molecular flexibility index (Phi) is 7.60. The van der Waals surface area contributed by atoms with E-state index in [0.717, 1.165) is 6.04 Å². The first-order valence-corrected chi connectivity index (χ1v) is 6.18. The van der Waals surface area contributed by atoms with E-state index in [0.29, 0.717) is 0 Å².